The summed E-state index contributed by atoms with van der Waals surface area (Å²) >= 11 is 0. The number of carboxylic acid groups (broad SMARTS) is 1. The molecule has 0 heterocycles. The van der Waals surface area contributed by atoms with E-state index in [2.05, 4.69) is 25.2 Å². The van der Waals surface area contributed by atoms with Crippen molar-refractivity contribution in [3.05, 3.63) is 41.0 Å². The fourth-order valence-corrected chi connectivity index (χ4v) is 3.09. The number of nitrogens with one attached hydrogen (secondary N) is 1. The van der Waals surface area contributed by atoms with Gasteiger partial charge in [0, 0.05) is 12.2 Å². The lowest BCUT2D eigenvalue weighted by molar-refractivity contribution is 0.0697. The molecule has 0 bridgehead atoms. The number of rotatable bonds is 4. The molecule has 0 saturated carbocycles. The molecule has 0 spiro atoms. The number of anilines is 1. The molecule has 1 aromatic carbocycles. The number of carboxylic acids is 1. The van der Waals surface area contributed by atoms with Gasteiger partial charge in [0.2, 0.25) is 0 Å². The lowest BCUT2D eigenvalue weighted by Crippen LogP contribution is -2.20. The van der Waals surface area contributed by atoms with Crippen LogP contribution in [-0.4, -0.2) is 17.6 Å². The van der Waals surface area contributed by atoms with Crippen LogP contribution in [0, 0.1) is 18.8 Å². The summed E-state index contributed by atoms with van der Waals surface area (Å²) in [5.74, 6) is 0.445. The van der Waals surface area contributed by atoms with Gasteiger partial charge in [0.25, 0.3) is 0 Å². The van der Waals surface area contributed by atoms with Crippen molar-refractivity contribution in [1.29, 1.82) is 0 Å². The van der Waals surface area contributed by atoms with Gasteiger partial charge in [0.1, 0.15) is 0 Å². The molecule has 1 aliphatic rings. The van der Waals surface area contributed by atoms with Crippen molar-refractivity contribution in [2.24, 2.45) is 11.8 Å². The van der Waals surface area contributed by atoms with Crippen LogP contribution in [0.25, 0.3) is 0 Å². The van der Waals surface area contributed by atoms with Gasteiger partial charge in [-0.15, -0.1) is 0 Å². The van der Waals surface area contributed by atoms with Gasteiger partial charge in [-0.2, -0.15) is 0 Å². The average molecular weight is 273 g/mol. The van der Waals surface area contributed by atoms with Crippen LogP contribution < -0.4 is 5.32 Å². The summed E-state index contributed by atoms with van der Waals surface area (Å²) in [6.45, 7) is 7.37. The number of aromatic carboxylic acids is 1. The molecule has 2 N–H and O–H groups in total. The Kier molecular flexibility index (Phi) is 4.48. The van der Waals surface area contributed by atoms with Crippen molar-refractivity contribution in [1.82, 2.24) is 0 Å². The topological polar surface area (TPSA) is 49.3 Å². The third-order valence-electron chi connectivity index (χ3n) is 3.94. The SMILES string of the molecule is CC1=CC(C)CC(CNc2ccc(C(=O)O)cc2C)C1. The maximum Gasteiger partial charge on any atom is 0.335 e. The highest BCUT2D eigenvalue weighted by Crippen LogP contribution is 2.28. The molecule has 1 aromatic rings. The van der Waals surface area contributed by atoms with Gasteiger partial charge in [0.15, 0.2) is 0 Å². The fraction of sp³-hybridized carbons (Fsp3) is 0.471. The van der Waals surface area contributed by atoms with E-state index in [1.54, 1.807) is 12.1 Å². The summed E-state index contributed by atoms with van der Waals surface area (Å²) in [6.07, 6.45) is 4.74. The number of aryl methyl sites for hydroxylation is 1. The smallest absolute Gasteiger partial charge is 0.335 e. The van der Waals surface area contributed by atoms with E-state index in [1.165, 1.54) is 12.0 Å². The molecule has 2 rings (SSSR count). The molecule has 0 aliphatic heterocycles. The third-order valence-corrected chi connectivity index (χ3v) is 3.94. The first-order valence-electron chi connectivity index (χ1n) is 7.21. The normalized spacial score (nSPS) is 22.2. The molecule has 2 unspecified atom stereocenters. The highest BCUT2D eigenvalue weighted by atomic mass is 16.4. The lowest BCUT2D eigenvalue weighted by atomic mass is 9.83. The van der Waals surface area contributed by atoms with E-state index in [-0.39, 0.29) is 0 Å². The standard InChI is InChI=1S/C17H23NO2/c1-11-6-12(2)8-14(7-11)10-18-16-5-4-15(17(19)20)9-13(16)3/h4-6,9,11,14,18H,7-8,10H2,1-3H3,(H,19,20). The van der Waals surface area contributed by atoms with Gasteiger partial charge in [-0.25, -0.2) is 4.79 Å². The van der Waals surface area contributed by atoms with Crippen molar-refractivity contribution >= 4 is 11.7 Å². The Morgan fingerprint density at radius 2 is 2.15 bits per heavy atom. The second-order valence-corrected chi connectivity index (χ2v) is 6.01. The minimum absolute atomic E-state index is 0.345. The largest absolute Gasteiger partial charge is 0.478 e. The molecule has 108 valence electrons. The first kappa shape index (κ1) is 14.6. The Morgan fingerprint density at radius 3 is 2.75 bits per heavy atom. The molecule has 3 heteroatoms. The Morgan fingerprint density at radius 1 is 1.40 bits per heavy atom. The second-order valence-electron chi connectivity index (χ2n) is 6.01. The van der Waals surface area contributed by atoms with E-state index < -0.39 is 5.97 Å². The molecule has 0 fully saturated rings. The van der Waals surface area contributed by atoms with Gasteiger partial charge in [-0.05, 0) is 62.3 Å². The molecule has 3 nitrogen and oxygen atoms in total. The maximum absolute atomic E-state index is 10.9. The first-order valence-corrected chi connectivity index (χ1v) is 7.21. The number of benzene rings is 1. The van der Waals surface area contributed by atoms with E-state index in [9.17, 15) is 4.79 Å². The van der Waals surface area contributed by atoms with Crippen molar-refractivity contribution in [2.75, 3.05) is 11.9 Å². The minimum atomic E-state index is -0.874. The zero-order valence-corrected chi connectivity index (χ0v) is 12.4. The Hall–Kier alpha value is -1.77. The van der Waals surface area contributed by atoms with Crippen LogP contribution in [0.4, 0.5) is 5.69 Å². The second kappa shape index (κ2) is 6.12. The van der Waals surface area contributed by atoms with Gasteiger partial charge < -0.3 is 10.4 Å². The zero-order chi connectivity index (χ0) is 14.7. The average Bonchev–Trinajstić information content (AvgIpc) is 2.36. The number of hydrogen-bond donors (Lipinski definition) is 2. The summed E-state index contributed by atoms with van der Waals surface area (Å²) in [6, 6.07) is 5.25. The Labute approximate surface area is 120 Å². The van der Waals surface area contributed by atoms with Crippen LogP contribution in [0.1, 0.15) is 42.6 Å². The molecule has 0 radical (unpaired) electrons. The molecular formula is C17H23NO2. The molecular weight excluding hydrogens is 250 g/mol. The van der Waals surface area contributed by atoms with Crippen LogP contribution in [0.15, 0.2) is 29.8 Å². The molecule has 0 saturated heterocycles. The number of carbonyl (C=O) groups is 1. The number of allylic oxidation sites excluding steroid dienone is 2. The fourth-order valence-electron chi connectivity index (χ4n) is 3.09. The molecule has 20 heavy (non-hydrogen) atoms. The van der Waals surface area contributed by atoms with Crippen molar-refractivity contribution in [3.63, 3.8) is 0 Å². The summed E-state index contributed by atoms with van der Waals surface area (Å²) in [5.41, 5.74) is 3.85. The predicted molar refractivity (Wildman–Crippen MR) is 82.3 cm³/mol. The Balaban J connectivity index is 1.98. The summed E-state index contributed by atoms with van der Waals surface area (Å²) in [5, 5.41) is 12.4. The monoisotopic (exact) mass is 273 g/mol. The van der Waals surface area contributed by atoms with Crippen molar-refractivity contribution < 1.29 is 9.90 Å². The van der Waals surface area contributed by atoms with E-state index in [0.29, 0.717) is 17.4 Å². The molecule has 1 aliphatic carbocycles. The zero-order valence-electron chi connectivity index (χ0n) is 12.4. The van der Waals surface area contributed by atoms with Crippen LogP contribution in [0.2, 0.25) is 0 Å². The Bertz CT molecular complexity index is 534. The van der Waals surface area contributed by atoms with Crippen LogP contribution in [0.5, 0.6) is 0 Å². The maximum atomic E-state index is 10.9. The van der Waals surface area contributed by atoms with E-state index in [1.807, 2.05) is 13.0 Å². The summed E-state index contributed by atoms with van der Waals surface area (Å²) in [7, 11) is 0. The third kappa shape index (κ3) is 3.62. The van der Waals surface area contributed by atoms with E-state index in [4.69, 9.17) is 5.11 Å². The summed E-state index contributed by atoms with van der Waals surface area (Å²) < 4.78 is 0. The van der Waals surface area contributed by atoms with Gasteiger partial charge in [-0.3, -0.25) is 0 Å². The van der Waals surface area contributed by atoms with Gasteiger partial charge in [-0.1, -0.05) is 18.6 Å². The molecule has 0 amide bonds. The van der Waals surface area contributed by atoms with E-state index in [0.717, 1.165) is 24.2 Å². The van der Waals surface area contributed by atoms with E-state index >= 15 is 0 Å². The van der Waals surface area contributed by atoms with Crippen molar-refractivity contribution in [3.8, 4) is 0 Å². The minimum Gasteiger partial charge on any atom is -0.478 e. The van der Waals surface area contributed by atoms with Crippen LogP contribution in [-0.2, 0) is 0 Å². The van der Waals surface area contributed by atoms with Crippen LogP contribution >= 0.6 is 0 Å². The first-order chi connectivity index (χ1) is 9.45. The van der Waals surface area contributed by atoms with Crippen molar-refractivity contribution in [2.45, 2.75) is 33.6 Å². The lowest BCUT2D eigenvalue weighted by Gasteiger charge is -2.26. The highest BCUT2D eigenvalue weighted by molar-refractivity contribution is 5.88. The summed E-state index contributed by atoms with van der Waals surface area (Å²) in [4.78, 5) is 10.9. The van der Waals surface area contributed by atoms with Crippen LogP contribution in [0.3, 0.4) is 0 Å². The predicted octanol–water partition coefficient (Wildman–Crippen LogP) is 4.10. The number of hydrogen-bond acceptors (Lipinski definition) is 2. The van der Waals surface area contributed by atoms with Gasteiger partial charge in [0.05, 0.1) is 5.56 Å². The highest BCUT2D eigenvalue weighted by Gasteiger charge is 2.18. The molecule has 2 atom stereocenters. The molecule has 0 aromatic heterocycles. The van der Waals surface area contributed by atoms with Gasteiger partial charge >= 0.3 is 5.97 Å². The quantitative estimate of drug-likeness (QED) is 0.812.